The van der Waals surface area contributed by atoms with Crippen molar-refractivity contribution in [2.75, 3.05) is 13.1 Å². The number of nitrogens with zero attached hydrogens (tertiary/aromatic N) is 1. The molecule has 0 radical (unpaired) electrons. The fourth-order valence-corrected chi connectivity index (χ4v) is 2.83. The van der Waals surface area contributed by atoms with Crippen molar-refractivity contribution in [3.8, 4) is 0 Å². The van der Waals surface area contributed by atoms with E-state index in [0.29, 0.717) is 23.0 Å². The SMILES string of the molecule is O=Cc1ccc(C(=O)N2CC(C(=O)O)(c3ccccc3)C2)cc1. The molecule has 0 atom stereocenters. The average molecular weight is 309 g/mol. The minimum Gasteiger partial charge on any atom is -0.480 e. The Balaban J connectivity index is 1.79. The molecule has 1 heterocycles. The molecule has 2 aromatic rings. The highest BCUT2D eigenvalue weighted by Gasteiger charge is 2.52. The summed E-state index contributed by atoms with van der Waals surface area (Å²) >= 11 is 0. The summed E-state index contributed by atoms with van der Waals surface area (Å²) in [6.07, 6.45) is 0.711. The van der Waals surface area contributed by atoms with Gasteiger partial charge in [0.2, 0.25) is 0 Å². The maximum Gasteiger partial charge on any atom is 0.317 e. The third kappa shape index (κ3) is 2.50. The van der Waals surface area contributed by atoms with Crippen LogP contribution in [0.1, 0.15) is 26.3 Å². The van der Waals surface area contributed by atoms with Crippen LogP contribution in [0.2, 0.25) is 0 Å². The average Bonchev–Trinajstić information content (AvgIpc) is 2.54. The molecule has 1 aliphatic rings. The maximum atomic E-state index is 12.4. The zero-order valence-electron chi connectivity index (χ0n) is 12.3. The first-order valence-electron chi connectivity index (χ1n) is 7.20. The van der Waals surface area contributed by atoms with Gasteiger partial charge < -0.3 is 10.0 Å². The van der Waals surface area contributed by atoms with Crippen LogP contribution in [0.25, 0.3) is 0 Å². The lowest BCUT2D eigenvalue weighted by molar-refractivity contribution is -0.149. The van der Waals surface area contributed by atoms with Gasteiger partial charge in [0.15, 0.2) is 0 Å². The molecule has 1 aliphatic heterocycles. The van der Waals surface area contributed by atoms with E-state index in [9.17, 15) is 19.5 Å². The number of amides is 1. The van der Waals surface area contributed by atoms with E-state index in [0.717, 1.165) is 0 Å². The Bertz CT molecular complexity index is 746. The topological polar surface area (TPSA) is 74.7 Å². The molecule has 1 N–H and O–H groups in total. The van der Waals surface area contributed by atoms with Gasteiger partial charge in [-0.25, -0.2) is 0 Å². The number of benzene rings is 2. The van der Waals surface area contributed by atoms with Crippen LogP contribution < -0.4 is 0 Å². The van der Waals surface area contributed by atoms with E-state index in [1.165, 1.54) is 4.90 Å². The highest BCUT2D eigenvalue weighted by molar-refractivity contribution is 5.97. The molecule has 0 spiro atoms. The zero-order valence-corrected chi connectivity index (χ0v) is 12.3. The molecule has 5 nitrogen and oxygen atoms in total. The van der Waals surface area contributed by atoms with E-state index in [-0.39, 0.29) is 19.0 Å². The Morgan fingerprint density at radius 1 is 1.00 bits per heavy atom. The number of aliphatic carboxylic acids is 1. The standard InChI is InChI=1S/C18H15NO4/c20-10-13-6-8-14(9-7-13)16(21)19-11-18(12-19,17(22)23)15-4-2-1-3-5-15/h1-10H,11-12H2,(H,22,23). The van der Waals surface area contributed by atoms with Crippen LogP contribution in [0.3, 0.4) is 0 Å². The van der Waals surface area contributed by atoms with E-state index in [2.05, 4.69) is 0 Å². The summed E-state index contributed by atoms with van der Waals surface area (Å²) in [4.78, 5) is 36.3. The fraction of sp³-hybridized carbons (Fsp3) is 0.167. The number of carboxylic acid groups (broad SMARTS) is 1. The van der Waals surface area contributed by atoms with Gasteiger partial charge in [-0.15, -0.1) is 0 Å². The number of hydrogen-bond acceptors (Lipinski definition) is 3. The van der Waals surface area contributed by atoms with Gasteiger partial charge in [-0.05, 0) is 17.7 Å². The highest BCUT2D eigenvalue weighted by atomic mass is 16.4. The largest absolute Gasteiger partial charge is 0.480 e. The van der Waals surface area contributed by atoms with Crippen molar-refractivity contribution in [2.45, 2.75) is 5.41 Å². The second-order valence-electron chi connectivity index (χ2n) is 5.65. The Labute approximate surface area is 133 Å². The lowest BCUT2D eigenvalue weighted by Crippen LogP contribution is -2.65. The lowest BCUT2D eigenvalue weighted by atomic mass is 9.73. The number of aldehydes is 1. The molecule has 116 valence electrons. The van der Waals surface area contributed by atoms with Gasteiger partial charge in [-0.2, -0.15) is 0 Å². The third-order valence-corrected chi connectivity index (χ3v) is 4.24. The Morgan fingerprint density at radius 2 is 1.61 bits per heavy atom. The molecule has 0 aliphatic carbocycles. The number of hydrogen-bond donors (Lipinski definition) is 1. The van der Waals surface area contributed by atoms with Crippen molar-refractivity contribution < 1.29 is 19.5 Å². The van der Waals surface area contributed by atoms with Gasteiger partial charge in [0.1, 0.15) is 11.7 Å². The summed E-state index contributed by atoms with van der Waals surface area (Å²) in [5, 5.41) is 9.60. The van der Waals surface area contributed by atoms with Crippen LogP contribution in [0.15, 0.2) is 54.6 Å². The maximum absolute atomic E-state index is 12.4. The summed E-state index contributed by atoms with van der Waals surface area (Å²) in [5.41, 5.74) is 0.601. The molecule has 0 bridgehead atoms. The second kappa shape index (κ2) is 5.68. The first-order chi connectivity index (χ1) is 11.1. The van der Waals surface area contributed by atoms with Gasteiger partial charge in [0.25, 0.3) is 5.91 Å². The second-order valence-corrected chi connectivity index (χ2v) is 5.65. The van der Waals surface area contributed by atoms with Crippen LogP contribution in [-0.2, 0) is 10.2 Å². The first-order valence-corrected chi connectivity index (χ1v) is 7.20. The van der Waals surface area contributed by atoms with E-state index in [1.54, 1.807) is 48.5 Å². The lowest BCUT2D eigenvalue weighted by Gasteiger charge is -2.47. The van der Waals surface area contributed by atoms with Crippen LogP contribution in [0.4, 0.5) is 0 Å². The van der Waals surface area contributed by atoms with Crippen LogP contribution in [-0.4, -0.2) is 41.3 Å². The molecule has 2 aromatic carbocycles. The molecule has 5 heteroatoms. The number of likely N-dealkylation sites (tertiary alicyclic amines) is 1. The first kappa shape index (κ1) is 15.0. The summed E-state index contributed by atoms with van der Waals surface area (Å²) < 4.78 is 0. The van der Waals surface area contributed by atoms with Gasteiger partial charge in [-0.3, -0.25) is 14.4 Å². The molecule has 0 unspecified atom stereocenters. The molecule has 0 aromatic heterocycles. The van der Waals surface area contributed by atoms with Crippen molar-refractivity contribution in [3.05, 3.63) is 71.3 Å². The van der Waals surface area contributed by atoms with Crippen LogP contribution in [0.5, 0.6) is 0 Å². The summed E-state index contributed by atoms with van der Waals surface area (Å²) in [6, 6.07) is 15.3. The smallest absolute Gasteiger partial charge is 0.317 e. The molecule has 3 rings (SSSR count). The van der Waals surface area contributed by atoms with Gasteiger partial charge in [0, 0.05) is 24.2 Å². The number of carbonyl (C=O) groups is 3. The molecule has 0 saturated carbocycles. The third-order valence-electron chi connectivity index (χ3n) is 4.24. The van der Waals surface area contributed by atoms with Crippen molar-refractivity contribution >= 4 is 18.2 Å². The zero-order chi connectivity index (χ0) is 16.4. The van der Waals surface area contributed by atoms with Crippen LogP contribution in [0, 0.1) is 0 Å². The predicted molar refractivity (Wildman–Crippen MR) is 83.5 cm³/mol. The summed E-state index contributed by atoms with van der Waals surface area (Å²) in [6.45, 7) is 0.279. The van der Waals surface area contributed by atoms with Crippen LogP contribution >= 0.6 is 0 Å². The molecular weight excluding hydrogens is 294 g/mol. The molecule has 1 saturated heterocycles. The van der Waals surface area contributed by atoms with E-state index >= 15 is 0 Å². The summed E-state index contributed by atoms with van der Waals surface area (Å²) in [5.74, 6) is -1.15. The minimum absolute atomic E-state index is 0.139. The number of carboxylic acids is 1. The Morgan fingerprint density at radius 3 is 2.13 bits per heavy atom. The molecule has 23 heavy (non-hydrogen) atoms. The molecule has 1 fully saturated rings. The van der Waals surface area contributed by atoms with E-state index in [4.69, 9.17) is 0 Å². The van der Waals surface area contributed by atoms with Crippen molar-refractivity contribution in [1.29, 1.82) is 0 Å². The van der Waals surface area contributed by atoms with E-state index in [1.807, 2.05) is 6.07 Å². The van der Waals surface area contributed by atoms with Gasteiger partial charge >= 0.3 is 5.97 Å². The summed E-state index contributed by atoms with van der Waals surface area (Å²) in [7, 11) is 0. The molecule has 1 amide bonds. The minimum atomic E-state index is -1.04. The monoisotopic (exact) mass is 309 g/mol. The predicted octanol–water partition coefficient (Wildman–Crippen LogP) is 1.98. The Kier molecular flexibility index (Phi) is 3.70. The van der Waals surface area contributed by atoms with Gasteiger partial charge in [0.05, 0.1) is 0 Å². The molecular formula is C18H15NO4. The highest BCUT2D eigenvalue weighted by Crippen LogP contribution is 2.35. The number of carbonyl (C=O) groups excluding carboxylic acids is 2. The Hall–Kier alpha value is -2.95. The normalized spacial score (nSPS) is 15.6. The quantitative estimate of drug-likeness (QED) is 0.876. The van der Waals surface area contributed by atoms with Crippen molar-refractivity contribution in [1.82, 2.24) is 4.90 Å². The number of rotatable bonds is 4. The fourth-order valence-electron chi connectivity index (χ4n) is 2.83. The van der Waals surface area contributed by atoms with Gasteiger partial charge in [-0.1, -0.05) is 42.5 Å². The van der Waals surface area contributed by atoms with E-state index < -0.39 is 11.4 Å². The van der Waals surface area contributed by atoms with Crippen molar-refractivity contribution in [2.24, 2.45) is 0 Å². The van der Waals surface area contributed by atoms with Crippen molar-refractivity contribution in [3.63, 3.8) is 0 Å².